The molecule has 4 nitrogen and oxygen atoms in total. The molecule has 0 saturated heterocycles. The third-order valence-electron chi connectivity index (χ3n) is 2.52. The Hall–Kier alpha value is -2.14. The molecule has 0 aliphatic heterocycles. The topological polar surface area (TPSA) is 72.5 Å². The summed E-state index contributed by atoms with van der Waals surface area (Å²) < 4.78 is 5.08. The molecule has 0 saturated carbocycles. The van der Waals surface area contributed by atoms with Gasteiger partial charge in [-0.3, -0.25) is 0 Å². The quantitative estimate of drug-likeness (QED) is 0.839. The van der Waals surface area contributed by atoms with Crippen LogP contribution in [0.5, 0.6) is 5.75 Å². The molecule has 19 heavy (non-hydrogen) atoms. The number of hydrogen-bond donors (Lipinski definition) is 2. The van der Waals surface area contributed by atoms with Crippen LogP contribution in [-0.2, 0) is 0 Å². The molecule has 0 bridgehead atoms. The molecule has 98 valence electrons. The van der Waals surface area contributed by atoms with Crippen molar-refractivity contribution in [1.82, 2.24) is 0 Å². The first kappa shape index (κ1) is 13.3. The van der Waals surface area contributed by atoms with E-state index in [1.54, 1.807) is 19.2 Å². The van der Waals surface area contributed by atoms with E-state index in [-0.39, 0.29) is 5.56 Å². The third kappa shape index (κ3) is 3.20. The molecule has 2 aromatic carbocycles. The summed E-state index contributed by atoms with van der Waals surface area (Å²) in [6.45, 7) is 0. The summed E-state index contributed by atoms with van der Waals surface area (Å²) in [4.78, 5) is 12.7. The molecule has 0 aliphatic rings. The number of aromatic carboxylic acids is 1. The van der Waals surface area contributed by atoms with Crippen LogP contribution in [-0.4, -0.2) is 18.2 Å². The van der Waals surface area contributed by atoms with Crippen LogP contribution < -0.4 is 10.5 Å². The van der Waals surface area contributed by atoms with Crippen LogP contribution in [0.1, 0.15) is 10.4 Å². The Morgan fingerprint density at radius 1 is 1.21 bits per heavy atom. The standard InChI is InChI=1S/C14H13NO3S/c1-18-10-3-5-11(6-4-10)19-13-8-9(15)2-7-12(13)14(16)17/h2-8H,15H2,1H3,(H,16,17). The Labute approximate surface area is 115 Å². The Kier molecular flexibility index (Phi) is 3.97. The number of carboxylic acid groups (broad SMARTS) is 1. The predicted octanol–water partition coefficient (Wildman–Crippen LogP) is 3.13. The van der Waals surface area contributed by atoms with Crippen LogP contribution in [0.15, 0.2) is 52.3 Å². The second-order valence-electron chi connectivity index (χ2n) is 3.84. The highest BCUT2D eigenvalue weighted by molar-refractivity contribution is 7.99. The second-order valence-corrected chi connectivity index (χ2v) is 4.95. The lowest BCUT2D eigenvalue weighted by Gasteiger charge is -2.07. The first-order valence-corrected chi connectivity index (χ1v) is 6.36. The van der Waals surface area contributed by atoms with Crippen LogP contribution in [0.2, 0.25) is 0 Å². The molecule has 0 heterocycles. The molecule has 3 N–H and O–H groups in total. The number of benzene rings is 2. The van der Waals surface area contributed by atoms with E-state index in [0.29, 0.717) is 10.6 Å². The fraction of sp³-hybridized carbons (Fsp3) is 0.0714. The largest absolute Gasteiger partial charge is 0.497 e. The number of hydrogen-bond acceptors (Lipinski definition) is 4. The molecular weight excluding hydrogens is 262 g/mol. The van der Waals surface area contributed by atoms with Crippen LogP contribution in [0.25, 0.3) is 0 Å². The summed E-state index contributed by atoms with van der Waals surface area (Å²) in [5.41, 5.74) is 6.49. The molecule has 2 aromatic rings. The number of carboxylic acids is 1. The maximum Gasteiger partial charge on any atom is 0.336 e. The van der Waals surface area contributed by atoms with Crippen LogP contribution in [0.4, 0.5) is 5.69 Å². The highest BCUT2D eigenvalue weighted by atomic mass is 32.2. The SMILES string of the molecule is COc1ccc(Sc2cc(N)ccc2C(=O)O)cc1. The van der Waals surface area contributed by atoms with E-state index < -0.39 is 5.97 Å². The molecule has 0 aliphatic carbocycles. The van der Waals surface area contributed by atoms with E-state index in [4.69, 9.17) is 15.6 Å². The molecule has 0 aromatic heterocycles. The Morgan fingerprint density at radius 2 is 1.89 bits per heavy atom. The predicted molar refractivity (Wildman–Crippen MR) is 74.9 cm³/mol. The molecule has 0 radical (unpaired) electrons. The lowest BCUT2D eigenvalue weighted by Crippen LogP contribution is -1.99. The average molecular weight is 275 g/mol. The van der Waals surface area contributed by atoms with Gasteiger partial charge in [-0.1, -0.05) is 11.8 Å². The third-order valence-corrected chi connectivity index (χ3v) is 3.59. The van der Waals surface area contributed by atoms with Crippen molar-refractivity contribution in [2.45, 2.75) is 9.79 Å². The minimum absolute atomic E-state index is 0.245. The Morgan fingerprint density at radius 3 is 2.47 bits per heavy atom. The van der Waals surface area contributed by atoms with Gasteiger partial charge in [0.15, 0.2) is 0 Å². The van der Waals surface area contributed by atoms with Gasteiger partial charge in [-0.05, 0) is 42.5 Å². The van der Waals surface area contributed by atoms with E-state index in [9.17, 15) is 4.79 Å². The number of nitrogens with two attached hydrogens (primary N) is 1. The van der Waals surface area contributed by atoms with E-state index in [1.807, 2.05) is 24.3 Å². The first-order valence-electron chi connectivity index (χ1n) is 5.55. The second kappa shape index (κ2) is 5.67. The van der Waals surface area contributed by atoms with Crippen molar-refractivity contribution in [1.29, 1.82) is 0 Å². The molecular formula is C14H13NO3S. The van der Waals surface area contributed by atoms with E-state index in [1.165, 1.54) is 17.8 Å². The lowest BCUT2D eigenvalue weighted by molar-refractivity contribution is 0.0693. The average Bonchev–Trinajstić information content (AvgIpc) is 2.39. The maximum atomic E-state index is 11.1. The first-order chi connectivity index (χ1) is 9.10. The molecule has 0 spiro atoms. The van der Waals surface area contributed by atoms with Gasteiger partial charge in [-0.15, -0.1) is 0 Å². The van der Waals surface area contributed by atoms with Crippen LogP contribution >= 0.6 is 11.8 Å². The number of anilines is 1. The van der Waals surface area contributed by atoms with Gasteiger partial charge >= 0.3 is 5.97 Å². The van der Waals surface area contributed by atoms with E-state index in [2.05, 4.69) is 0 Å². The zero-order valence-corrected chi connectivity index (χ0v) is 11.1. The van der Waals surface area contributed by atoms with Crippen LogP contribution in [0.3, 0.4) is 0 Å². The fourth-order valence-electron chi connectivity index (χ4n) is 1.57. The van der Waals surface area contributed by atoms with Crippen molar-refractivity contribution in [2.75, 3.05) is 12.8 Å². The summed E-state index contributed by atoms with van der Waals surface area (Å²) in [6.07, 6.45) is 0. The van der Waals surface area contributed by atoms with Gasteiger partial charge in [0.1, 0.15) is 5.75 Å². The molecule has 0 amide bonds. The molecule has 5 heteroatoms. The minimum atomic E-state index is -0.962. The molecule has 2 rings (SSSR count). The smallest absolute Gasteiger partial charge is 0.336 e. The number of ether oxygens (including phenoxy) is 1. The minimum Gasteiger partial charge on any atom is -0.497 e. The highest BCUT2D eigenvalue weighted by Gasteiger charge is 2.11. The lowest BCUT2D eigenvalue weighted by atomic mass is 10.2. The summed E-state index contributed by atoms with van der Waals surface area (Å²) in [5.74, 6) is -0.202. The van der Waals surface area contributed by atoms with E-state index >= 15 is 0 Å². The van der Waals surface area contributed by atoms with Gasteiger partial charge in [0, 0.05) is 15.5 Å². The zero-order valence-electron chi connectivity index (χ0n) is 10.3. The summed E-state index contributed by atoms with van der Waals surface area (Å²) in [7, 11) is 1.60. The summed E-state index contributed by atoms with van der Waals surface area (Å²) >= 11 is 1.36. The van der Waals surface area contributed by atoms with Gasteiger partial charge in [0.25, 0.3) is 0 Å². The molecule has 0 unspecified atom stereocenters. The van der Waals surface area contributed by atoms with Crippen molar-refractivity contribution in [3.63, 3.8) is 0 Å². The molecule has 0 fully saturated rings. The summed E-state index contributed by atoms with van der Waals surface area (Å²) in [5, 5.41) is 9.14. The van der Waals surface area contributed by atoms with Crippen LogP contribution in [0, 0.1) is 0 Å². The number of nitrogen functional groups attached to an aromatic ring is 1. The Bertz CT molecular complexity index is 596. The summed E-state index contributed by atoms with van der Waals surface area (Å²) in [6, 6.07) is 12.2. The van der Waals surface area contributed by atoms with Gasteiger partial charge in [0.2, 0.25) is 0 Å². The normalized spacial score (nSPS) is 10.2. The molecule has 0 atom stereocenters. The number of carbonyl (C=O) groups is 1. The number of methoxy groups -OCH3 is 1. The van der Waals surface area contributed by atoms with Gasteiger partial charge < -0.3 is 15.6 Å². The van der Waals surface area contributed by atoms with Gasteiger partial charge in [-0.25, -0.2) is 4.79 Å². The maximum absolute atomic E-state index is 11.1. The zero-order chi connectivity index (χ0) is 13.8. The van der Waals surface area contributed by atoms with Crippen molar-refractivity contribution >= 4 is 23.4 Å². The number of rotatable bonds is 4. The highest BCUT2D eigenvalue weighted by Crippen LogP contribution is 2.32. The van der Waals surface area contributed by atoms with Crippen molar-refractivity contribution in [3.8, 4) is 5.75 Å². The monoisotopic (exact) mass is 275 g/mol. The van der Waals surface area contributed by atoms with Gasteiger partial charge in [-0.2, -0.15) is 0 Å². The van der Waals surface area contributed by atoms with Gasteiger partial charge in [0.05, 0.1) is 12.7 Å². The van der Waals surface area contributed by atoms with Crippen molar-refractivity contribution < 1.29 is 14.6 Å². The van der Waals surface area contributed by atoms with Crippen molar-refractivity contribution in [3.05, 3.63) is 48.0 Å². The van der Waals surface area contributed by atoms with Crippen molar-refractivity contribution in [2.24, 2.45) is 0 Å². The fourth-order valence-corrected chi connectivity index (χ4v) is 2.56. The van der Waals surface area contributed by atoms with E-state index in [0.717, 1.165) is 10.6 Å². The Balaban J connectivity index is 2.31.